The normalized spacial score (nSPS) is 23.3. The molecule has 1 amide bonds. The second-order valence-corrected chi connectivity index (χ2v) is 7.34. The maximum Gasteiger partial charge on any atom is 0.225 e. The largest absolute Gasteiger partial charge is 0.383 e. The summed E-state index contributed by atoms with van der Waals surface area (Å²) >= 11 is 0. The molecule has 6 heteroatoms. The Morgan fingerprint density at radius 3 is 2.70 bits per heavy atom. The van der Waals surface area contributed by atoms with Gasteiger partial charge >= 0.3 is 0 Å². The second-order valence-electron chi connectivity index (χ2n) is 7.34. The van der Waals surface area contributed by atoms with E-state index in [1.807, 2.05) is 7.05 Å². The van der Waals surface area contributed by atoms with Gasteiger partial charge in [-0.05, 0) is 19.8 Å². The van der Waals surface area contributed by atoms with Crippen LogP contribution < -0.4 is 5.32 Å². The minimum Gasteiger partial charge on any atom is -0.383 e. The Morgan fingerprint density at radius 2 is 2.09 bits per heavy atom. The molecule has 3 rings (SSSR count). The standard InChI is InChI=1S/C17H28N4O2/c1-17(23,14-8-19-20(2)11-14)12-18-16(22)13-9-21(10-13)15-6-4-3-5-7-15/h8,11,13,15,23H,3-7,9-10,12H2,1-2H3,(H,18,22). The smallest absolute Gasteiger partial charge is 0.225 e. The Morgan fingerprint density at radius 1 is 1.39 bits per heavy atom. The molecule has 1 saturated heterocycles. The lowest BCUT2D eigenvalue weighted by molar-refractivity contribution is -0.132. The van der Waals surface area contributed by atoms with Gasteiger partial charge in [0.25, 0.3) is 0 Å². The van der Waals surface area contributed by atoms with Crippen molar-refractivity contribution < 1.29 is 9.90 Å². The summed E-state index contributed by atoms with van der Waals surface area (Å²) in [5.74, 6) is 0.128. The number of nitrogens with zero attached hydrogens (tertiary/aromatic N) is 3. The zero-order valence-corrected chi connectivity index (χ0v) is 14.2. The molecule has 1 aromatic heterocycles. The van der Waals surface area contributed by atoms with Gasteiger partial charge in [-0.1, -0.05) is 19.3 Å². The number of likely N-dealkylation sites (tertiary alicyclic amines) is 1. The molecule has 6 nitrogen and oxygen atoms in total. The summed E-state index contributed by atoms with van der Waals surface area (Å²) in [5, 5.41) is 17.5. The van der Waals surface area contributed by atoms with Crippen molar-refractivity contribution in [1.82, 2.24) is 20.0 Å². The summed E-state index contributed by atoms with van der Waals surface area (Å²) in [4.78, 5) is 14.7. The molecule has 2 fully saturated rings. The molecule has 1 aromatic rings. The highest BCUT2D eigenvalue weighted by Gasteiger charge is 2.37. The molecule has 1 unspecified atom stereocenters. The summed E-state index contributed by atoms with van der Waals surface area (Å²) in [7, 11) is 1.81. The van der Waals surface area contributed by atoms with Crippen LogP contribution in [0.4, 0.5) is 0 Å². The zero-order chi connectivity index (χ0) is 16.4. The Bertz CT molecular complexity index is 543. The average molecular weight is 320 g/mol. The van der Waals surface area contributed by atoms with Crippen LogP contribution in [0, 0.1) is 5.92 Å². The van der Waals surface area contributed by atoms with Crippen LogP contribution >= 0.6 is 0 Å². The highest BCUT2D eigenvalue weighted by molar-refractivity contribution is 5.80. The maximum atomic E-state index is 12.3. The quantitative estimate of drug-likeness (QED) is 0.849. The molecule has 2 N–H and O–H groups in total. The molecule has 1 aliphatic heterocycles. The minimum atomic E-state index is -1.09. The topological polar surface area (TPSA) is 70.4 Å². The highest BCUT2D eigenvalue weighted by atomic mass is 16.3. The number of amides is 1. The van der Waals surface area contributed by atoms with Gasteiger partial charge in [-0.2, -0.15) is 5.10 Å². The van der Waals surface area contributed by atoms with E-state index in [0.717, 1.165) is 18.7 Å². The van der Waals surface area contributed by atoms with Crippen LogP contribution in [0.2, 0.25) is 0 Å². The van der Waals surface area contributed by atoms with Crippen molar-refractivity contribution in [2.24, 2.45) is 13.0 Å². The van der Waals surface area contributed by atoms with E-state index in [-0.39, 0.29) is 18.4 Å². The lowest BCUT2D eigenvalue weighted by Crippen LogP contribution is -2.58. The molecule has 1 aliphatic carbocycles. The van der Waals surface area contributed by atoms with Crippen LogP contribution in [0.5, 0.6) is 0 Å². The number of aliphatic hydroxyl groups is 1. The van der Waals surface area contributed by atoms with E-state index in [4.69, 9.17) is 0 Å². The fourth-order valence-corrected chi connectivity index (χ4v) is 3.63. The van der Waals surface area contributed by atoms with Crippen LogP contribution in [0.1, 0.15) is 44.6 Å². The van der Waals surface area contributed by atoms with Gasteiger partial charge in [-0.25, -0.2) is 0 Å². The van der Waals surface area contributed by atoms with Crippen LogP contribution in [0.25, 0.3) is 0 Å². The third-order valence-corrected chi connectivity index (χ3v) is 5.31. The molecule has 23 heavy (non-hydrogen) atoms. The molecular weight excluding hydrogens is 292 g/mol. The maximum absolute atomic E-state index is 12.3. The molecule has 2 heterocycles. The first-order valence-corrected chi connectivity index (χ1v) is 8.69. The van der Waals surface area contributed by atoms with E-state index in [1.165, 1.54) is 32.1 Å². The van der Waals surface area contributed by atoms with E-state index in [9.17, 15) is 9.90 Å². The van der Waals surface area contributed by atoms with E-state index in [1.54, 1.807) is 24.0 Å². The first-order chi connectivity index (χ1) is 11.0. The third-order valence-electron chi connectivity index (χ3n) is 5.31. The Balaban J connectivity index is 1.43. The molecular formula is C17H28N4O2. The Labute approximate surface area is 137 Å². The minimum absolute atomic E-state index is 0.0567. The molecule has 0 bridgehead atoms. The number of carbonyl (C=O) groups excluding carboxylic acids is 1. The Hall–Kier alpha value is -1.40. The van der Waals surface area contributed by atoms with Gasteiger partial charge in [0.2, 0.25) is 5.91 Å². The SMILES string of the molecule is Cn1cc(C(C)(O)CNC(=O)C2CN(C3CCCCC3)C2)cn1. The lowest BCUT2D eigenvalue weighted by Gasteiger charge is -2.45. The number of aromatic nitrogens is 2. The van der Waals surface area contributed by atoms with Crippen molar-refractivity contribution in [3.05, 3.63) is 18.0 Å². The zero-order valence-electron chi connectivity index (χ0n) is 14.2. The summed E-state index contributed by atoms with van der Waals surface area (Å²) in [6.07, 6.45) is 9.99. The van der Waals surface area contributed by atoms with Crippen LogP contribution in [0.3, 0.4) is 0 Å². The van der Waals surface area contributed by atoms with Gasteiger partial charge in [-0.15, -0.1) is 0 Å². The van der Waals surface area contributed by atoms with E-state index in [0.29, 0.717) is 6.04 Å². The number of carbonyl (C=O) groups is 1. The lowest BCUT2D eigenvalue weighted by atomic mass is 9.88. The molecule has 0 spiro atoms. The van der Waals surface area contributed by atoms with E-state index in [2.05, 4.69) is 15.3 Å². The second kappa shape index (κ2) is 6.61. The van der Waals surface area contributed by atoms with Crippen molar-refractivity contribution in [3.63, 3.8) is 0 Å². The number of rotatable bonds is 5. The van der Waals surface area contributed by atoms with Gasteiger partial charge in [0.15, 0.2) is 0 Å². The fourth-order valence-electron chi connectivity index (χ4n) is 3.63. The van der Waals surface area contributed by atoms with E-state index < -0.39 is 5.60 Å². The molecule has 1 saturated carbocycles. The first kappa shape index (κ1) is 16.5. The van der Waals surface area contributed by atoms with Gasteiger partial charge in [0.1, 0.15) is 5.60 Å². The number of hydrogen-bond donors (Lipinski definition) is 2. The Kier molecular flexibility index (Phi) is 4.73. The summed E-state index contributed by atoms with van der Waals surface area (Å²) in [6, 6.07) is 0.686. The molecule has 128 valence electrons. The van der Waals surface area contributed by atoms with Gasteiger partial charge < -0.3 is 10.4 Å². The number of aryl methyl sites for hydroxylation is 1. The van der Waals surface area contributed by atoms with Crippen molar-refractivity contribution in [2.45, 2.75) is 50.7 Å². The average Bonchev–Trinajstić information content (AvgIpc) is 2.92. The molecule has 0 radical (unpaired) electrons. The summed E-state index contributed by atoms with van der Waals surface area (Å²) in [6.45, 7) is 3.66. The first-order valence-electron chi connectivity index (χ1n) is 8.69. The van der Waals surface area contributed by atoms with Crippen LogP contribution in [0.15, 0.2) is 12.4 Å². The molecule has 2 aliphatic rings. The monoisotopic (exact) mass is 320 g/mol. The number of nitrogens with one attached hydrogen (secondary N) is 1. The van der Waals surface area contributed by atoms with Crippen molar-refractivity contribution in [1.29, 1.82) is 0 Å². The van der Waals surface area contributed by atoms with Crippen molar-refractivity contribution >= 4 is 5.91 Å². The van der Waals surface area contributed by atoms with Crippen LogP contribution in [-0.4, -0.2) is 51.4 Å². The fraction of sp³-hybridized carbons (Fsp3) is 0.765. The number of hydrogen-bond acceptors (Lipinski definition) is 4. The van der Waals surface area contributed by atoms with Crippen LogP contribution in [-0.2, 0) is 17.4 Å². The highest BCUT2D eigenvalue weighted by Crippen LogP contribution is 2.28. The van der Waals surface area contributed by atoms with Gasteiger partial charge in [-0.3, -0.25) is 14.4 Å². The van der Waals surface area contributed by atoms with Gasteiger partial charge in [0.05, 0.1) is 18.7 Å². The van der Waals surface area contributed by atoms with Gasteiger partial charge in [0, 0.05) is 37.9 Å². The third kappa shape index (κ3) is 3.75. The van der Waals surface area contributed by atoms with Crippen molar-refractivity contribution in [2.75, 3.05) is 19.6 Å². The summed E-state index contributed by atoms with van der Waals surface area (Å²) < 4.78 is 1.65. The van der Waals surface area contributed by atoms with E-state index >= 15 is 0 Å². The van der Waals surface area contributed by atoms with Crippen molar-refractivity contribution in [3.8, 4) is 0 Å². The summed E-state index contributed by atoms with van der Waals surface area (Å²) in [5.41, 5.74) is -0.366. The predicted octanol–water partition coefficient (Wildman–Crippen LogP) is 1.01. The molecule has 0 aromatic carbocycles. The predicted molar refractivity (Wildman–Crippen MR) is 87.7 cm³/mol. The molecule has 1 atom stereocenters.